The van der Waals surface area contributed by atoms with Gasteiger partial charge in [-0.1, -0.05) is 11.6 Å². The summed E-state index contributed by atoms with van der Waals surface area (Å²) in [5.41, 5.74) is -0.205. The lowest BCUT2D eigenvalue weighted by Crippen LogP contribution is -2.12. The molecule has 0 fully saturated rings. The lowest BCUT2D eigenvalue weighted by Gasteiger charge is -2.07. The molecule has 0 saturated heterocycles. The summed E-state index contributed by atoms with van der Waals surface area (Å²) in [6, 6.07) is 9.50. The Hall–Kier alpha value is -2.84. The van der Waals surface area contributed by atoms with Crippen LogP contribution in [0.2, 0.25) is 5.02 Å². The summed E-state index contributed by atoms with van der Waals surface area (Å²) in [4.78, 5) is 23.5. The third-order valence-electron chi connectivity index (χ3n) is 3.69. The van der Waals surface area contributed by atoms with Gasteiger partial charge < -0.3 is 14.8 Å². The summed E-state index contributed by atoms with van der Waals surface area (Å²) in [7, 11) is 2.94. The van der Waals surface area contributed by atoms with Gasteiger partial charge >= 0.3 is 0 Å². The molecule has 0 unspecified atom stereocenters. The number of fused-ring (bicyclic) bond motifs is 1. The van der Waals surface area contributed by atoms with Crippen LogP contribution in [0.3, 0.4) is 0 Å². The zero-order valence-electron chi connectivity index (χ0n) is 13.7. The fourth-order valence-electron chi connectivity index (χ4n) is 2.39. The third kappa shape index (κ3) is 3.29. The van der Waals surface area contributed by atoms with Gasteiger partial charge in [0.25, 0.3) is 11.6 Å². The number of carbonyl (C=O) groups excluding carboxylic acids is 1. The largest absolute Gasteiger partial charge is 0.497 e. The maximum absolute atomic E-state index is 12.6. The number of nitrogens with one attached hydrogen (secondary N) is 1. The van der Waals surface area contributed by atoms with Gasteiger partial charge in [0, 0.05) is 10.1 Å². The lowest BCUT2D eigenvalue weighted by molar-refractivity contribution is -0.384. The number of methoxy groups -OCH3 is 2. The molecule has 1 heterocycles. The van der Waals surface area contributed by atoms with Crippen molar-refractivity contribution in [1.82, 2.24) is 0 Å². The van der Waals surface area contributed by atoms with Crippen molar-refractivity contribution >= 4 is 50.3 Å². The number of nitro benzene ring substituents is 1. The molecule has 7 nitrogen and oxygen atoms in total. The van der Waals surface area contributed by atoms with Gasteiger partial charge in [0.05, 0.1) is 30.2 Å². The van der Waals surface area contributed by atoms with Crippen LogP contribution < -0.4 is 14.8 Å². The van der Waals surface area contributed by atoms with Crippen molar-refractivity contribution in [1.29, 1.82) is 0 Å². The lowest BCUT2D eigenvalue weighted by atomic mass is 10.2. The van der Waals surface area contributed by atoms with Gasteiger partial charge in [-0.05, 0) is 30.3 Å². The van der Waals surface area contributed by atoms with Crippen molar-refractivity contribution in [3.63, 3.8) is 0 Å². The Morgan fingerprint density at radius 2 is 1.81 bits per heavy atom. The van der Waals surface area contributed by atoms with E-state index in [0.29, 0.717) is 16.9 Å². The maximum atomic E-state index is 12.6. The van der Waals surface area contributed by atoms with Crippen LogP contribution in [0.1, 0.15) is 9.67 Å². The second-order valence-electron chi connectivity index (χ2n) is 5.20. The molecule has 0 saturated carbocycles. The van der Waals surface area contributed by atoms with Crippen LogP contribution in [0.5, 0.6) is 11.5 Å². The van der Waals surface area contributed by atoms with Gasteiger partial charge in [0.2, 0.25) is 0 Å². The molecule has 3 aromatic rings. The summed E-state index contributed by atoms with van der Waals surface area (Å²) in [5.74, 6) is 0.417. The molecular formula is C17H13ClN2O5S. The highest BCUT2D eigenvalue weighted by Crippen LogP contribution is 2.38. The van der Waals surface area contributed by atoms with Crippen LogP contribution >= 0.6 is 22.9 Å². The van der Waals surface area contributed by atoms with Gasteiger partial charge in [0.1, 0.15) is 22.1 Å². The van der Waals surface area contributed by atoms with Crippen molar-refractivity contribution in [3.05, 3.63) is 56.4 Å². The smallest absolute Gasteiger partial charge is 0.296 e. The summed E-state index contributed by atoms with van der Waals surface area (Å²) < 4.78 is 11.0. The van der Waals surface area contributed by atoms with Gasteiger partial charge in [-0.25, -0.2) is 0 Å². The van der Waals surface area contributed by atoms with Gasteiger partial charge in [-0.15, -0.1) is 11.3 Å². The summed E-state index contributed by atoms with van der Waals surface area (Å²) in [6.07, 6.45) is 0. The van der Waals surface area contributed by atoms with Crippen LogP contribution in [0.25, 0.3) is 10.1 Å². The number of amides is 1. The van der Waals surface area contributed by atoms with E-state index in [1.807, 2.05) is 0 Å². The molecule has 0 bridgehead atoms. The van der Waals surface area contributed by atoms with Crippen molar-refractivity contribution in [3.8, 4) is 11.5 Å². The molecule has 2 aromatic carbocycles. The monoisotopic (exact) mass is 392 g/mol. The second kappa shape index (κ2) is 7.19. The number of nitro groups is 1. The minimum Gasteiger partial charge on any atom is -0.497 e. The molecule has 0 atom stereocenters. The van der Waals surface area contributed by atoms with E-state index in [4.69, 9.17) is 21.1 Å². The molecule has 1 aromatic heterocycles. The first-order valence-corrected chi connectivity index (χ1v) is 8.54. The first kappa shape index (κ1) is 18.0. The number of anilines is 1. The van der Waals surface area contributed by atoms with Crippen molar-refractivity contribution < 1.29 is 19.2 Å². The van der Waals surface area contributed by atoms with E-state index in [0.717, 1.165) is 4.70 Å². The Labute approximate surface area is 157 Å². The molecule has 1 amide bonds. The molecule has 26 heavy (non-hydrogen) atoms. The molecule has 0 aliphatic carbocycles. The number of halogens is 1. The van der Waals surface area contributed by atoms with E-state index in [1.165, 1.54) is 43.8 Å². The van der Waals surface area contributed by atoms with E-state index in [2.05, 4.69) is 5.32 Å². The Kier molecular flexibility index (Phi) is 4.97. The quantitative estimate of drug-likeness (QED) is 0.500. The third-order valence-corrected chi connectivity index (χ3v) is 5.36. The highest BCUT2D eigenvalue weighted by atomic mass is 35.5. The molecule has 3 rings (SSSR count). The zero-order valence-corrected chi connectivity index (χ0v) is 15.3. The number of nitrogens with zero attached hydrogens (tertiary/aromatic N) is 1. The van der Waals surface area contributed by atoms with E-state index >= 15 is 0 Å². The molecule has 134 valence electrons. The molecule has 0 aliphatic heterocycles. The highest BCUT2D eigenvalue weighted by Gasteiger charge is 2.22. The normalized spacial score (nSPS) is 10.6. The number of rotatable bonds is 5. The van der Waals surface area contributed by atoms with E-state index in [-0.39, 0.29) is 21.3 Å². The number of carbonyl (C=O) groups is 1. The molecule has 0 aliphatic rings. The summed E-state index contributed by atoms with van der Waals surface area (Å²) in [6.45, 7) is 0. The molecule has 0 radical (unpaired) electrons. The average molecular weight is 393 g/mol. The summed E-state index contributed by atoms with van der Waals surface area (Å²) in [5, 5.41) is 14.8. The minimum atomic E-state index is -0.588. The first-order valence-electron chi connectivity index (χ1n) is 7.34. The predicted molar refractivity (Wildman–Crippen MR) is 101 cm³/mol. The number of thiophene rings is 1. The molecule has 0 spiro atoms. The van der Waals surface area contributed by atoms with E-state index in [9.17, 15) is 14.9 Å². The number of hydrogen-bond donors (Lipinski definition) is 1. The van der Waals surface area contributed by atoms with Crippen LogP contribution in [0.15, 0.2) is 36.4 Å². The average Bonchev–Trinajstić information content (AvgIpc) is 2.98. The van der Waals surface area contributed by atoms with Crippen molar-refractivity contribution in [2.75, 3.05) is 19.5 Å². The van der Waals surface area contributed by atoms with Crippen LogP contribution in [0.4, 0.5) is 11.4 Å². The Bertz CT molecular complexity index is 1020. The molecule has 9 heteroatoms. The number of benzene rings is 2. The fourth-order valence-corrected chi connectivity index (χ4v) is 3.78. The van der Waals surface area contributed by atoms with E-state index in [1.54, 1.807) is 18.2 Å². The number of hydrogen-bond acceptors (Lipinski definition) is 6. The standard InChI is InChI=1S/C17H13ClN2O5S/c1-24-9-4-6-14-11(7-9)15(18)16(26-14)17(21)19-12-5-3-10(25-2)8-13(12)20(22)23/h3-8H,1-2H3,(H,19,21). The van der Waals surface area contributed by atoms with Crippen molar-refractivity contribution in [2.24, 2.45) is 0 Å². The Balaban J connectivity index is 1.97. The topological polar surface area (TPSA) is 90.7 Å². The van der Waals surface area contributed by atoms with Crippen LogP contribution in [0, 0.1) is 10.1 Å². The van der Waals surface area contributed by atoms with Crippen LogP contribution in [-0.2, 0) is 0 Å². The van der Waals surface area contributed by atoms with Crippen LogP contribution in [-0.4, -0.2) is 25.1 Å². The zero-order chi connectivity index (χ0) is 18.8. The first-order chi connectivity index (χ1) is 12.4. The predicted octanol–water partition coefficient (Wildman–Crippen LogP) is 4.73. The highest BCUT2D eigenvalue weighted by molar-refractivity contribution is 7.21. The maximum Gasteiger partial charge on any atom is 0.296 e. The molecule has 1 N–H and O–H groups in total. The van der Waals surface area contributed by atoms with E-state index < -0.39 is 10.8 Å². The van der Waals surface area contributed by atoms with Gasteiger partial charge in [-0.3, -0.25) is 14.9 Å². The SMILES string of the molecule is COc1ccc(NC(=O)c2sc3ccc(OC)cc3c2Cl)c([N+](=O)[O-])c1. The minimum absolute atomic E-state index is 0.0619. The fraction of sp³-hybridized carbons (Fsp3) is 0.118. The van der Waals surface area contributed by atoms with Gasteiger partial charge in [-0.2, -0.15) is 0 Å². The number of ether oxygens (including phenoxy) is 2. The van der Waals surface area contributed by atoms with Crippen molar-refractivity contribution in [2.45, 2.75) is 0 Å². The summed E-state index contributed by atoms with van der Waals surface area (Å²) >= 11 is 7.54. The molecular weight excluding hydrogens is 380 g/mol. The Morgan fingerprint density at radius 3 is 2.46 bits per heavy atom. The Morgan fingerprint density at radius 1 is 1.15 bits per heavy atom. The van der Waals surface area contributed by atoms with Gasteiger partial charge in [0.15, 0.2) is 0 Å². The second-order valence-corrected chi connectivity index (χ2v) is 6.63.